The van der Waals surface area contributed by atoms with Gasteiger partial charge in [-0.3, -0.25) is 0 Å². The summed E-state index contributed by atoms with van der Waals surface area (Å²) in [5, 5.41) is 19.4. The van der Waals surface area contributed by atoms with Crippen LogP contribution in [0.3, 0.4) is 0 Å². The molecule has 2 N–H and O–H groups in total. The topological polar surface area (TPSA) is 86.6 Å². The van der Waals surface area contributed by atoms with Gasteiger partial charge in [0, 0.05) is 6.61 Å². The fourth-order valence-corrected chi connectivity index (χ4v) is 5.19. The highest BCUT2D eigenvalue weighted by Gasteiger charge is 2.31. The van der Waals surface area contributed by atoms with E-state index in [1.807, 2.05) is 110 Å². The number of hydrogen-bond acceptors (Lipinski definition) is 7. The maximum Gasteiger partial charge on any atom is 0.124 e. The molecule has 0 aromatic heterocycles. The first-order valence-corrected chi connectivity index (χ1v) is 16.3. The molecule has 47 heavy (non-hydrogen) atoms. The molecule has 0 saturated carbocycles. The number of aliphatic hydroxyl groups is 2. The Morgan fingerprint density at radius 2 is 1.09 bits per heavy atom. The molecule has 0 spiro atoms. The molecule has 4 aromatic rings. The molecular formula is C40H48O7. The Labute approximate surface area is 279 Å². The van der Waals surface area contributed by atoms with Crippen molar-refractivity contribution in [2.75, 3.05) is 6.61 Å². The van der Waals surface area contributed by atoms with Crippen molar-refractivity contribution in [1.29, 1.82) is 0 Å². The van der Waals surface area contributed by atoms with Crippen LogP contribution >= 0.6 is 0 Å². The molecular weight excluding hydrogens is 592 g/mol. The molecule has 0 amide bonds. The zero-order valence-corrected chi connectivity index (χ0v) is 27.3. The average Bonchev–Trinajstić information content (AvgIpc) is 3.11. The predicted molar refractivity (Wildman–Crippen MR) is 183 cm³/mol. The van der Waals surface area contributed by atoms with Crippen LogP contribution in [0.1, 0.15) is 42.5 Å². The fourth-order valence-electron chi connectivity index (χ4n) is 5.19. The monoisotopic (exact) mass is 640 g/mol. The van der Waals surface area contributed by atoms with E-state index in [1.54, 1.807) is 13.2 Å². The van der Waals surface area contributed by atoms with Crippen LogP contribution < -0.4 is 0 Å². The van der Waals surface area contributed by atoms with Crippen molar-refractivity contribution < 1.29 is 33.9 Å². The molecule has 7 nitrogen and oxygen atoms in total. The van der Waals surface area contributed by atoms with Gasteiger partial charge in [0.15, 0.2) is 0 Å². The third-order valence-corrected chi connectivity index (χ3v) is 7.77. The Bertz CT molecular complexity index is 1380. The molecule has 7 heteroatoms. The normalized spacial score (nSPS) is 19.1. The second-order valence-electron chi connectivity index (χ2n) is 11.5. The summed E-state index contributed by atoms with van der Waals surface area (Å²) in [5.74, 6) is 0. The third-order valence-electron chi connectivity index (χ3n) is 7.77. The highest BCUT2D eigenvalue weighted by atomic mass is 16.6. The van der Waals surface area contributed by atoms with Gasteiger partial charge in [-0.25, -0.2) is 0 Å². The van der Waals surface area contributed by atoms with Gasteiger partial charge in [-0.05, 0) is 48.6 Å². The van der Waals surface area contributed by atoms with E-state index in [9.17, 15) is 10.2 Å². The number of aliphatic hydroxyl groups excluding tert-OH is 2. The van der Waals surface area contributed by atoms with E-state index in [0.29, 0.717) is 32.8 Å². The summed E-state index contributed by atoms with van der Waals surface area (Å²) in [5.41, 5.74) is 4.39. The number of ether oxygens (including phenoxy) is 5. The van der Waals surface area contributed by atoms with Gasteiger partial charge in [0.05, 0.1) is 44.9 Å². The maximum absolute atomic E-state index is 10.1. The van der Waals surface area contributed by atoms with Gasteiger partial charge in [-0.2, -0.15) is 0 Å². The van der Waals surface area contributed by atoms with E-state index in [0.717, 1.165) is 22.3 Å². The van der Waals surface area contributed by atoms with E-state index in [1.165, 1.54) is 0 Å². The van der Waals surface area contributed by atoms with Crippen molar-refractivity contribution in [1.82, 2.24) is 0 Å². The van der Waals surface area contributed by atoms with Crippen LogP contribution in [0, 0.1) is 0 Å². The van der Waals surface area contributed by atoms with Crippen LogP contribution in [0.25, 0.3) is 0 Å². The van der Waals surface area contributed by atoms with E-state index in [2.05, 4.69) is 24.3 Å². The van der Waals surface area contributed by atoms with E-state index < -0.39 is 12.2 Å². The summed E-state index contributed by atoms with van der Waals surface area (Å²) in [6.45, 7) is 5.61. The number of benzene rings is 4. The standard InChI is InChI=1S/C20H26O4.C20H22O3/c1-16(22)20(24-15-18-10-6-3-7-11-18)19(12-13-21)23-14-17-8-4-2-5-9-17;1-16-20(23-15-18-10-6-3-7-11-18)19(12-13-21-16)22-14-17-8-4-2-5-9-17/h2-11,16,19-22H,12-15H2,1H3;2-13,16,19-20H,14-15H2,1H3/t2*16-,19-,20-/m00/s1. The summed E-state index contributed by atoms with van der Waals surface area (Å²) in [6, 6.07) is 40.0. The minimum atomic E-state index is -0.693. The number of rotatable bonds is 16. The molecule has 0 radical (unpaired) electrons. The zero-order valence-electron chi connectivity index (χ0n) is 27.3. The Morgan fingerprint density at radius 1 is 0.638 bits per heavy atom. The smallest absolute Gasteiger partial charge is 0.124 e. The molecule has 1 aliphatic heterocycles. The van der Waals surface area contributed by atoms with E-state index in [4.69, 9.17) is 23.7 Å². The lowest BCUT2D eigenvalue weighted by atomic mass is 10.1. The van der Waals surface area contributed by atoms with E-state index >= 15 is 0 Å². The first-order valence-electron chi connectivity index (χ1n) is 16.3. The van der Waals surface area contributed by atoms with Crippen molar-refractivity contribution in [3.8, 4) is 0 Å². The SMILES string of the molecule is C[C@@H]1OC=C[C@H](OCc2ccccc2)[C@H]1OCc1ccccc1.C[C@H](O)[C@H](OCc1ccccc1)[C@H](CCO)OCc1ccccc1. The van der Waals surface area contributed by atoms with Crippen LogP contribution in [-0.4, -0.2) is 53.4 Å². The molecule has 5 rings (SSSR count). The van der Waals surface area contributed by atoms with Crippen LogP contribution in [-0.2, 0) is 50.1 Å². The molecule has 0 saturated heterocycles. The molecule has 0 fully saturated rings. The van der Waals surface area contributed by atoms with Gasteiger partial charge < -0.3 is 33.9 Å². The second kappa shape index (κ2) is 20.4. The molecule has 6 atom stereocenters. The van der Waals surface area contributed by atoms with Gasteiger partial charge in [-0.1, -0.05) is 121 Å². The Hall–Kier alpha value is -3.82. The lowest BCUT2D eigenvalue weighted by molar-refractivity contribution is -0.132. The summed E-state index contributed by atoms with van der Waals surface area (Å²) in [7, 11) is 0. The zero-order chi connectivity index (χ0) is 33.1. The van der Waals surface area contributed by atoms with Crippen molar-refractivity contribution >= 4 is 0 Å². The first kappa shape index (κ1) is 36.0. The maximum atomic E-state index is 10.1. The first-order chi connectivity index (χ1) is 23.0. The highest BCUT2D eigenvalue weighted by molar-refractivity contribution is 5.16. The molecule has 1 heterocycles. The van der Waals surface area contributed by atoms with Crippen LogP contribution in [0.15, 0.2) is 134 Å². The molecule has 4 aromatic carbocycles. The Morgan fingerprint density at radius 3 is 1.55 bits per heavy atom. The predicted octanol–water partition coefficient (Wildman–Crippen LogP) is 7.01. The lowest BCUT2D eigenvalue weighted by Gasteiger charge is -2.32. The quantitative estimate of drug-likeness (QED) is 0.136. The summed E-state index contributed by atoms with van der Waals surface area (Å²) < 4.78 is 29.5. The Balaban J connectivity index is 0.000000213. The summed E-state index contributed by atoms with van der Waals surface area (Å²) >= 11 is 0. The van der Waals surface area contributed by atoms with Crippen molar-refractivity contribution in [3.63, 3.8) is 0 Å². The fraction of sp³-hybridized carbons (Fsp3) is 0.350. The average molecular weight is 641 g/mol. The highest BCUT2D eigenvalue weighted by Crippen LogP contribution is 2.21. The van der Waals surface area contributed by atoms with Crippen LogP contribution in [0.4, 0.5) is 0 Å². The van der Waals surface area contributed by atoms with Gasteiger partial charge in [-0.15, -0.1) is 0 Å². The molecule has 0 aliphatic carbocycles. The summed E-state index contributed by atoms with van der Waals surface area (Å²) in [6.07, 6.45) is 2.22. The second-order valence-corrected chi connectivity index (χ2v) is 11.5. The largest absolute Gasteiger partial charge is 0.496 e. The van der Waals surface area contributed by atoms with Gasteiger partial charge in [0.25, 0.3) is 0 Å². The lowest BCUT2D eigenvalue weighted by Crippen LogP contribution is -2.42. The van der Waals surface area contributed by atoms with Gasteiger partial charge >= 0.3 is 0 Å². The molecule has 0 bridgehead atoms. The van der Waals surface area contributed by atoms with E-state index in [-0.39, 0.29) is 31.0 Å². The van der Waals surface area contributed by atoms with Crippen LogP contribution in [0.5, 0.6) is 0 Å². The molecule has 250 valence electrons. The van der Waals surface area contributed by atoms with Crippen molar-refractivity contribution in [2.45, 2.75) is 83.3 Å². The molecule has 1 aliphatic rings. The molecule has 0 unspecified atom stereocenters. The number of hydrogen-bond donors (Lipinski definition) is 2. The van der Waals surface area contributed by atoms with Crippen molar-refractivity contribution in [3.05, 3.63) is 156 Å². The van der Waals surface area contributed by atoms with Crippen molar-refractivity contribution in [2.24, 2.45) is 0 Å². The summed E-state index contributed by atoms with van der Waals surface area (Å²) in [4.78, 5) is 0. The minimum Gasteiger partial charge on any atom is -0.496 e. The third kappa shape index (κ3) is 12.7. The Kier molecular flexibility index (Phi) is 15.7. The van der Waals surface area contributed by atoms with Crippen LogP contribution in [0.2, 0.25) is 0 Å². The minimum absolute atomic E-state index is 0.0165. The van der Waals surface area contributed by atoms with Gasteiger partial charge in [0.1, 0.15) is 24.4 Å². The van der Waals surface area contributed by atoms with Gasteiger partial charge in [0.2, 0.25) is 0 Å².